The van der Waals surface area contributed by atoms with Crippen molar-refractivity contribution >= 4 is 34.3 Å². The number of benzene rings is 2. The summed E-state index contributed by atoms with van der Waals surface area (Å²) in [7, 11) is 0. The van der Waals surface area contributed by atoms with Crippen LogP contribution in [-0.2, 0) is 12.3 Å². The van der Waals surface area contributed by atoms with Gasteiger partial charge in [-0.15, -0.1) is 10.2 Å². The van der Waals surface area contributed by atoms with E-state index in [1.165, 1.54) is 17.8 Å². The first kappa shape index (κ1) is 23.9. The van der Waals surface area contributed by atoms with Crippen LogP contribution in [0.4, 0.5) is 4.39 Å². The van der Waals surface area contributed by atoms with Gasteiger partial charge in [0.25, 0.3) is 11.5 Å². The van der Waals surface area contributed by atoms with E-state index in [4.69, 9.17) is 0 Å². The van der Waals surface area contributed by atoms with Gasteiger partial charge in [0.05, 0.1) is 10.9 Å². The molecule has 0 spiro atoms. The number of thioether (sulfide) groups is 1. The van der Waals surface area contributed by atoms with Gasteiger partial charge in [0, 0.05) is 24.4 Å². The average Bonchev–Trinajstić information content (AvgIpc) is 3.23. The second-order valence-corrected chi connectivity index (χ2v) is 10.1. The molecule has 0 aliphatic carbocycles. The molecule has 0 radical (unpaired) electrons. The Kier molecular flexibility index (Phi) is 7.02. The molecule has 0 saturated heterocycles. The predicted octanol–water partition coefficient (Wildman–Crippen LogP) is 4.52. The molecule has 2 aromatic heterocycles. The molecule has 4 aromatic rings. The van der Waals surface area contributed by atoms with E-state index < -0.39 is 0 Å². The van der Waals surface area contributed by atoms with Crippen molar-refractivity contribution in [1.29, 1.82) is 0 Å². The molecule has 2 aromatic carbocycles. The third-order valence-electron chi connectivity index (χ3n) is 5.37. The number of nitrogens with one attached hydrogen (secondary N) is 1. The molecule has 2 heterocycles. The van der Waals surface area contributed by atoms with E-state index in [-0.39, 0.29) is 23.2 Å². The molecule has 0 fully saturated rings. The monoisotopic (exact) mass is 481 g/mol. The van der Waals surface area contributed by atoms with E-state index in [1.807, 2.05) is 27.7 Å². The van der Waals surface area contributed by atoms with Crippen LogP contribution in [0, 0.1) is 17.7 Å². The fourth-order valence-electron chi connectivity index (χ4n) is 3.70. The van der Waals surface area contributed by atoms with Gasteiger partial charge in [-0.1, -0.05) is 57.7 Å². The van der Waals surface area contributed by atoms with Gasteiger partial charge in [0.1, 0.15) is 5.82 Å². The molecule has 0 atom stereocenters. The minimum atomic E-state index is -0.283. The first-order chi connectivity index (χ1) is 16.3. The molecule has 4 rings (SSSR count). The molecule has 7 nitrogen and oxygen atoms in total. The molecule has 1 amide bonds. The van der Waals surface area contributed by atoms with Gasteiger partial charge in [-0.3, -0.25) is 18.6 Å². The Morgan fingerprint density at radius 1 is 1.09 bits per heavy atom. The Bertz CT molecular complexity index is 1410. The fourth-order valence-corrected chi connectivity index (χ4v) is 4.63. The van der Waals surface area contributed by atoms with Gasteiger partial charge in [-0.25, -0.2) is 4.39 Å². The van der Waals surface area contributed by atoms with Crippen molar-refractivity contribution in [2.24, 2.45) is 11.8 Å². The van der Waals surface area contributed by atoms with E-state index >= 15 is 0 Å². The molecule has 9 heteroatoms. The minimum Gasteiger partial charge on any atom is -0.352 e. The number of hydrogen-bond acceptors (Lipinski definition) is 5. The lowest BCUT2D eigenvalue weighted by atomic mass is 10.1. The van der Waals surface area contributed by atoms with Crippen molar-refractivity contribution in [2.45, 2.75) is 45.1 Å². The summed E-state index contributed by atoms with van der Waals surface area (Å²) in [4.78, 5) is 26.0. The second-order valence-electron chi connectivity index (χ2n) is 9.14. The van der Waals surface area contributed by atoms with E-state index in [0.717, 1.165) is 0 Å². The molecule has 0 aliphatic rings. The second kappa shape index (κ2) is 9.97. The molecular weight excluding hydrogens is 453 g/mol. The lowest BCUT2D eigenvalue weighted by Crippen LogP contribution is -2.28. The van der Waals surface area contributed by atoms with Gasteiger partial charge < -0.3 is 5.32 Å². The Balaban J connectivity index is 1.85. The van der Waals surface area contributed by atoms with E-state index in [2.05, 4.69) is 15.5 Å². The molecule has 0 aliphatic heterocycles. The number of aromatic nitrogens is 4. The standard InChI is InChI=1S/C25H28FN5O2S/c1-15(2)12-27-22(32)17-9-10-19-21(11-17)31-24(30(23(19)33)13-16(3)4)28-29-25(31)34-14-18-7-5-6-8-20(18)26/h5-11,15-16H,12-14H2,1-4H3,(H,27,32). The van der Waals surface area contributed by atoms with Crippen LogP contribution in [0.15, 0.2) is 52.4 Å². The first-order valence-corrected chi connectivity index (χ1v) is 12.3. The highest BCUT2D eigenvalue weighted by Gasteiger charge is 2.19. The van der Waals surface area contributed by atoms with Gasteiger partial charge in [-0.05, 0) is 41.7 Å². The van der Waals surface area contributed by atoms with Crippen molar-refractivity contribution in [3.8, 4) is 0 Å². The molecular formula is C25H28FN5O2S. The smallest absolute Gasteiger partial charge is 0.262 e. The van der Waals surface area contributed by atoms with Crippen LogP contribution in [0.5, 0.6) is 0 Å². The summed E-state index contributed by atoms with van der Waals surface area (Å²) < 4.78 is 17.6. The highest BCUT2D eigenvalue weighted by atomic mass is 32.2. The van der Waals surface area contributed by atoms with E-state index in [1.54, 1.807) is 45.4 Å². The van der Waals surface area contributed by atoms with Crippen LogP contribution in [-0.4, -0.2) is 31.6 Å². The summed E-state index contributed by atoms with van der Waals surface area (Å²) in [5.41, 5.74) is 1.38. The first-order valence-electron chi connectivity index (χ1n) is 11.3. The highest BCUT2D eigenvalue weighted by molar-refractivity contribution is 7.98. The van der Waals surface area contributed by atoms with E-state index in [9.17, 15) is 14.0 Å². The number of hydrogen-bond donors (Lipinski definition) is 1. The quantitative estimate of drug-likeness (QED) is 0.374. The third kappa shape index (κ3) is 4.84. The topological polar surface area (TPSA) is 81.3 Å². The Morgan fingerprint density at radius 2 is 1.85 bits per heavy atom. The van der Waals surface area contributed by atoms with Crippen molar-refractivity contribution in [1.82, 2.24) is 24.5 Å². The van der Waals surface area contributed by atoms with E-state index in [0.29, 0.717) is 57.7 Å². The molecule has 1 N–H and O–H groups in total. The zero-order chi connectivity index (χ0) is 24.4. The maximum absolute atomic E-state index is 14.2. The normalized spacial score (nSPS) is 11.7. The zero-order valence-corrected chi connectivity index (χ0v) is 20.5. The fraction of sp³-hybridized carbons (Fsp3) is 0.360. The van der Waals surface area contributed by atoms with Crippen LogP contribution < -0.4 is 10.9 Å². The Hall–Kier alpha value is -3.20. The van der Waals surface area contributed by atoms with Crippen LogP contribution in [0.1, 0.15) is 43.6 Å². The number of rotatable bonds is 8. The number of nitrogens with zero attached hydrogens (tertiary/aromatic N) is 4. The average molecular weight is 482 g/mol. The molecule has 34 heavy (non-hydrogen) atoms. The Labute approximate surface area is 201 Å². The van der Waals surface area contributed by atoms with Gasteiger partial charge in [0.15, 0.2) is 5.16 Å². The number of amides is 1. The molecule has 0 saturated carbocycles. The molecule has 178 valence electrons. The van der Waals surface area contributed by atoms with Gasteiger partial charge in [-0.2, -0.15) is 0 Å². The van der Waals surface area contributed by atoms with Crippen molar-refractivity contribution in [3.05, 3.63) is 69.8 Å². The maximum Gasteiger partial charge on any atom is 0.262 e. The van der Waals surface area contributed by atoms with Crippen LogP contribution in [0.2, 0.25) is 0 Å². The third-order valence-corrected chi connectivity index (χ3v) is 6.35. The summed E-state index contributed by atoms with van der Waals surface area (Å²) in [5.74, 6) is 0.803. The van der Waals surface area contributed by atoms with Crippen molar-refractivity contribution in [2.75, 3.05) is 6.54 Å². The minimum absolute atomic E-state index is 0.177. The largest absolute Gasteiger partial charge is 0.352 e. The number of carbonyl (C=O) groups is 1. The lowest BCUT2D eigenvalue weighted by molar-refractivity contribution is 0.0949. The summed E-state index contributed by atoms with van der Waals surface area (Å²) in [6.45, 7) is 9.14. The predicted molar refractivity (Wildman–Crippen MR) is 133 cm³/mol. The lowest BCUT2D eigenvalue weighted by Gasteiger charge is -2.14. The number of carbonyl (C=O) groups excluding carboxylic acids is 1. The van der Waals surface area contributed by atoms with Gasteiger partial charge >= 0.3 is 0 Å². The molecule has 0 bridgehead atoms. The van der Waals surface area contributed by atoms with Crippen LogP contribution in [0.3, 0.4) is 0 Å². The zero-order valence-electron chi connectivity index (χ0n) is 19.7. The Morgan fingerprint density at radius 3 is 2.56 bits per heavy atom. The summed E-state index contributed by atoms with van der Waals surface area (Å²) >= 11 is 1.33. The SMILES string of the molecule is CC(C)CNC(=O)c1ccc2c(=O)n(CC(C)C)c3nnc(SCc4ccccc4F)n3c2c1. The van der Waals surface area contributed by atoms with Gasteiger partial charge in [0.2, 0.25) is 5.78 Å². The van der Waals surface area contributed by atoms with Crippen molar-refractivity contribution < 1.29 is 9.18 Å². The van der Waals surface area contributed by atoms with Crippen molar-refractivity contribution in [3.63, 3.8) is 0 Å². The number of halogens is 1. The number of fused-ring (bicyclic) bond motifs is 3. The maximum atomic E-state index is 14.2. The summed E-state index contributed by atoms with van der Waals surface area (Å²) in [6, 6.07) is 11.7. The summed E-state index contributed by atoms with van der Waals surface area (Å²) in [5, 5.41) is 12.6. The summed E-state index contributed by atoms with van der Waals surface area (Å²) in [6.07, 6.45) is 0. The molecule has 0 unspecified atom stereocenters. The van der Waals surface area contributed by atoms with Crippen LogP contribution >= 0.6 is 11.8 Å². The van der Waals surface area contributed by atoms with Crippen LogP contribution in [0.25, 0.3) is 16.7 Å². The highest BCUT2D eigenvalue weighted by Crippen LogP contribution is 2.26.